The molecule has 0 bridgehead atoms. The summed E-state index contributed by atoms with van der Waals surface area (Å²) in [6, 6.07) is 6.03. The molecule has 1 aromatic carbocycles. The van der Waals surface area contributed by atoms with Crippen LogP contribution in [0.15, 0.2) is 18.2 Å². The van der Waals surface area contributed by atoms with Crippen molar-refractivity contribution in [2.75, 3.05) is 39.4 Å². The number of piperidine rings is 1. The van der Waals surface area contributed by atoms with Crippen molar-refractivity contribution in [2.45, 2.75) is 38.5 Å². The van der Waals surface area contributed by atoms with Crippen molar-refractivity contribution in [3.63, 3.8) is 0 Å². The van der Waals surface area contributed by atoms with E-state index in [1.807, 2.05) is 21.9 Å². The Morgan fingerprint density at radius 2 is 1.83 bits per heavy atom. The molecule has 5 rings (SSSR count). The van der Waals surface area contributed by atoms with Crippen LogP contribution < -0.4 is 0 Å². The molecule has 3 aliphatic rings. The number of morpholine rings is 1. The Hall–Kier alpha value is -2.34. The quantitative estimate of drug-likeness (QED) is 0.850. The van der Waals surface area contributed by atoms with Gasteiger partial charge in [0.1, 0.15) is 0 Å². The van der Waals surface area contributed by atoms with Crippen LogP contribution in [0.2, 0.25) is 0 Å². The Balaban J connectivity index is 1.33. The maximum absolute atomic E-state index is 13.2. The Labute approximate surface area is 171 Å². The summed E-state index contributed by atoms with van der Waals surface area (Å²) < 4.78 is 5.36. The molecule has 2 amide bonds. The fraction of sp³-hybridized carbons (Fsp3) is 0.565. The number of hydrogen-bond donors (Lipinski definition) is 1. The van der Waals surface area contributed by atoms with Gasteiger partial charge in [-0.1, -0.05) is 0 Å². The van der Waals surface area contributed by atoms with Gasteiger partial charge in [0.05, 0.1) is 19.1 Å². The smallest absolute Gasteiger partial charge is 0.253 e. The summed E-state index contributed by atoms with van der Waals surface area (Å²) in [6.45, 7) is 3.81. The Bertz CT molecular complexity index is 929. The topological polar surface area (TPSA) is 65.6 Å². The molecule has 0 saturated carbocycles. The molecule has 6 nitrogen and oxygen atoms in total. The zero-order chi connectivity index (χ0) is 19.8. The van der Waals surface area contributed by atoms with Gasteiger partial charge in [0.2, 0.25) is 5.91 Å². The van der Waals surface area contributed by atoms with Crippen LogP contribution >= 0.6 is 0 Å². The number of aromatic nitrogens is 1. The molecule has 1 atom stereocenters. The number of carbonyl (C=O) groups excluding carboxylic acids is 2. The number of nitrogens with zero attached hydrogens (tertiary/aromatic N) is 2. The number of carbonyl (C=O) groups is 2. The first-order valence-corrected chi connectivity index (χ1v) is 11.0. The molecule has 1 N–H and O–H groups in total. The molecule has 1 unspecified atom stereocenters. The number of aryl methyl sites for hydroxylation is 2. The van der Waals surface area contributed by atoms with Crippen molar-refractivity contribution in [2.24, 2.45) is 5.92 Å². The Morgan fingerprint density at radius 1 is 1.00 bits per heavy atom. The number of ether oxygens (including phenoxy) is 1. The van der Waals surface area contributed by atoms with Crippen LogP contribution in [0.1, 0.15) is 47.3 Å². The standard InChI is InChI=1S/C23H29N3O3/c27-22(16-7-8-21-19(14-16)18-5-1-2-6-20(18)24-21)26-9-3-4-17(15-26)23(28)25-10-12-29-13-11-25/h7-8,14,17,24H,1-6,9-13,15H2. The first-order chi connectivity index (χ1) is 14.2. The zero-order valence-electron chi connectivity index (χ0n) is 16.9. The minimum atomic E-state index is -0.0884. The van der Waals surface area contributed by atoms with Crippen LogP contribution in [0, 0.1) is 5.92 Å². The van der Waals surface area contributed by atoms with Gasteiger partial charge in [-0.05, 0) is 62.3 Å². The number of H-pyrrole nitrogens is 1. The summed E-state index contributed by atoms with van der Waals surface area (Å²) in [7, 11) is 0. The summed E-state index contributed by atoms with van der Waals surface area (Å²) in [4.78, 5) is 33.5. The first kappa shape index (κ1) is 18.7. The highest BCUT2D eigenvalue weighted by Crippen LogP contribution is 2.30. The highest BCUT2D eigenvalue weighted by Gasteiger charge is 2.32. The maximum Gasteiger partial charge on any atom is 0.253 e. The third-order valence-corrected chi connectivity index (χ3v) is 6.73. The molecular formula is C23H29N3O3. The number of benzene rings is 1. The molecule has 154 valence electrons. The predicted molar refractivity (Wildman–Crippen MR) is 111 cm³/mol. The number of rotatable bonds is 2. The monoisotopic (exact) mass is 395 g/mol. The molecule has 0 radical (unpaired) electrons. The number of aromatic amines is 1. The number of nitrogens with one attached hydrogen (secondary N) is 1. The minimum absolute atomic E-state index is 0.0529. The molecule has 0 spiro atoms. The number of hydrogen-bond acceptors (Lipinski definition) is 3. The van der Waals surface area contributed by atoms with E-state index in [0.29, 0.717) is 32.8 Å². The van der Waals surface area contributed by atoms with Crippen molar-refractivity contribution < 1.29 is 14.3 Å². The summed E-state index contributed by atoms with van der Waals surface area (Å²) >= 11 is 0. The van der Waals surface area contributed by atoms with Gasteiger partial charge in [0.25, 0.3) is 5.91 Å². The molecule has 29 heavy (non-hydrogen) atoms. The largest absolute Gasteiger partial charge is 0.378 e. The van der Waals surface area contributed by atoms with Gasteiger partial charge in [-0.2, -0.15) is 0 Å². The van der Waals surface area contributed by atoms with E-state index >= 15 is 0 Å². The summed E-state index contributed by atoms with van der Waals surface area (Å²) in [5.41, 5.74) is 4.60. The molecule has 2 aliphatic heterocycles. The lowest BCUT2D eigenvalue weighted by Crippen LogP contribution is -2.49. The molecule has 2 aromatic rings. The summed E-state index contributed by atoms with van der Waals surface area (Å²) in [5.74, 6) is 0.146. The van der Waals surface area contributed by atoms with Gasteiger partial charge in [0, 0.05) is 48.3 Å². The van der Waals surface area contributed by atoms with Crippen molar-refractivity contribution in [3.8, 4) is 0 Å². The van der Waals surface area contributed by atoms with Crippen LogP contribution in [-0.2, 0) is 22.4 Å². The molecule has 2 saturated heterocycles. The average molecular weight is 396 g/mol. The number of amides is 2. The van der Waals surface area contributed by atoms with Gasteiger partial charge in [-0.3, -0.25) is 9.59 Å². The molecule has 1 aromatic heterocycles. The SMILES string of the molecule is O=C(c1ccc2[nH]c3c(c2c1)CCCC3)N1CCCC(C(=O)N2CCOCC2)C1. The highest BCUT2D eigenvalue weighted by molar-refractivity contribution is 5.99. The first-order valence-electron chi connectivity index (χ1n) is 11.0. The van der Waals surface area contributed by atoms with Crippen LogP contribution in [-0.4, -0.2) is 66.0 Å². The molecule has 6 heteroatoms. The second-order valence-electron chi connectivity index (χ2n) is 8.58. The second-order valence-corrected chi connectivity index (χ2v) is 8.58. The zero-order valence-corrected chi connectivity index (χ0v) is 16.9. The fourth-order valence-corrected chi connectivity index (χ4v) is 5.13. The number of fused-ring (bicyclic) bond motifs is 3. The minimum Gasteiger partial charge on any atom is -0.378 e. The lowest BCUT2D eigenvalue weighted by Gasteiger charge is -2.36. The van der Waals surface area contributed by atoms with Gasteiger partial charge in [-0.15, -0.1) is 0 Å². The lowest BCUT2D eigenvalue weighted by atomic mass is 9.94. The van der Waals surface area contributed by atoms with Crippen LogP contribution in [0.5, 0.6) is 0 Å². The van der Waals surface area contributed by atoms with Gasteiger partial charge in [0.15, 0.2) is 0 Å². The molecule has 2 fully saturated rings. The third kappa shape index (κ3) is 3.54. The van der Waals surface area contributed by atoms with E-state index in [1.54, 1.807) is 0 Å². The second kappa shape index (κ2) is 7.82. The van der Waals surface area contributed by atoms with E-state index < -0.39 is 0 Å². The molecule has 3 heterocycles. The van der Waals surface area contributed by atoms with Crippen LogP contribution in [0.4, 0.5) is 0 Å². The molecule has 1 aliphatic carbocycles. The van der Waals surface area contributed by atoms with E-state index in [2.05, 4.69) is 11.1 Å². The molecular weight excluding hydrogens is 366 g/mol. The van der Waals surface area contributed by atoms with Gasteiger partial charge in [-0.25, -0.2) is 0 Å². The van der Waals surface area contributed by atoms with Gasteiger partial charge >= 0.3 is 0 Å². The van der Waals surface area contributed by atoms with E-state index in [0.717, 1.165) is 43.3 Å². The number of likely N-dealkylation sites (tertiary alicyclic amines) is 1. The van der Waals surface area contributed by atoms with Crippen LogP contribution in [0.3, 0.4) is 0 Å². The fourth-order valence-electron chi connectivity index (χ4n) is 5.13. The highest BCUT2D eigenvalue weighted by atomic mass is 16.5. The normalized spacial score (nSPS) is 22.6. The summed E-state index contributed by atoms with van der Waals surface area (Å²) in [5, 5.41) is 1.20. The van der Waals surface area contributed by atoms with Crippen molar-refractivity contribution in [1.29, 1.82) is 0 Å². The van der Waals surface area contributed by atoms with E-state index in [4.69, 9.17) is 4.74 Å². The average Bonchev–Trinajstić information content (AvgIpc) is 3.16. The maximum atomic E-state index is 13.2. The Morgan fingerprint density at radius 3 is 2.69 bits per heavy atom. The van der Waals surface area contributed by atoms with Crippen molar-refractivity contribution in [3.05, 3.63) is 35.0 Å². The predicted octanol–water partition coefficient (Wildman–Crippen LogP) is 2.76. The van der Waals surface area contributed by atoms with E-state index in [1.165, 1.54) is 29.5 Å². The van der Waals surface area contributed by atoms with E-state index in [9.17, 15) is 9.59 Å². The lowest BCUT2D eigenvalue weighted by molar-refractivity contribution is -0.141. The van der Waals surface area contributed by atoms with Crippen molar-refractivity contribution >= 4 is 22.7 Å². The van der Waals surface area contributed by atoms with Gasteiger partial charge < -0.3 is 19.5 Å². The van der Waals surface area contributed by atoms with Crippen molar-refractivity contribution in [1.82, 2.24) is 14.8 Å². The third-order valence-electron chi connectivity index (χ3n) is 6.73. The van der Waals surface area contributed by atoms with E-state index in [-0.39, 0.29) is 17.7 Å². The summed E-state index contributed by atoms with van der Waals surface area (Å²) in [6.07, 6.45) is 6.39. The van der Waals surface area contributed by atoms with Crippen LogP contribution in [0.25, 0.3) is 10.9 Å². The Kier molecular flexibility index (Phi) is 5.04.